The smallest absolute Gasteiger partial charge is 0.164 e. The van der Waals surface area contributed by atoms with E-state index in [2.05, 4.69) is 35.6 Å². The fraction of sp³-hybridized carbons (Fsp3) is 0.471. The first kappa shape index (κ1) is 20.9. The topological polar surface area (TPSA) is 46.1 Å². The molecular formula is C17H24ClN3OS2. The summed E-state index contributed by atoms with van der Waals surface area (Å²) in [7, 11) is 2.01. The van der Waals surface area contributed by atoms with Crippen LogP contribution in [0.25, 0.3) is 10.6 Å². The predicted octanol–water partition coefficient (Wildman–Crippen LogP) is 5.03. The fourth-order valence-corrected chi connectivity index (χ4v) is 3.17. The zero-order chi connectivity index (χ0) is 18.2. The van der Waals surface area contributed by atoms with E-state index in [-0.39, 0.29) is 4.75 Å². The molecule has 2 rings (SSSR count). The van der Waals surface area contributed by atoms with Crippen LogP contribution in [0.1, 0.15) is 27.2 Å². The van der Waals surface area contributed by atoms with Crippen molar-refractivity contribution in [1.82, 2.24) is 9.97 Å². The van der Waals surface area contributed by atoms with Crippen LogP contribution in [0, 0.1) is 0 Å². The Hall–Kier alpha value is -1.11. The minimum absolute atomic E-state index is 0.141. The van der Waals surface area contributed by atoms with Crippen molar-refractivity contribution in [3.8, 4) is 10.6 Å². The first-order valence-electron chi connectivity index (χ1n) is 7.61. The number of hydrogen-bond acceptors (Lipinski definition) is 6. The van der Waals surface area contributed by atoms with E-state index < -0.39 is 0 Å². The van der Waals surface area contributed by atoms with Crippen molar-refractivity contribution in [2.45, 2.75) is 31.9 Å². The van der Waals surface area contributed by atoms with E-state index >= 15 is 0 Å². The largest absolute Gasteiger partial charge is 0.364 e. The highest BCUT2D eigenvalue weighted by atomic mass is 35.5. The highest BCUT2D eigenvalue weighted by molar-refractivity contribution is 7.99. The van der Waals surface area contributed by atoms with Gasteiger partial charge in [-0.15, -0.1) is 0 Å². The number of carbonyl (C=O) groups excluding carboxylic acids is 1. The summed E-state index contributed by atoms with van der Waals surface area (Å²) in [4.78, 5) is 20.5. The molecule has 0 saturated carbocycles. The molecule has 0 unspecified atom stereocenters. The number of aromatic nitrogens is 2. The summed E-state index contributed by atoms with van der Waals surface area (Å²) in [5, 5.41) is 2.48. The van der Waals surface area contributed by atoms with Gasteiger partial charge in [-0.2, -0.15) is 11.8 Å². The second kappa shape index (κ2) is 10.0. The van der Waals surface area contributed by atoms with Gasteiger partial charge in [-0.25, -0.2) is 4.98 Å². The van der Waals surface area contributed by atoms with Gasteiger partial charge in [0.2, 0.25) is 0 Å². The number of pyridine rings is 1. The average Bonchev–Trinajstić information content (AvgIpc) is 2.97. The van der Waals surface area contributed by atoms with Crippen molar-refractivity contribution in [2.75, 3.05) is 24.7 Å². The molecule has 0 aliphatic heterocycles. The SMILES string of the molecule is CCN(C)c1sc(-c2cccnc2)nc1Cl.CSC(C)(C)CC=O. The summed E-state index contributed by atoms with van der Waals surface area (Å²) in [6.07, 6.45) is 7.18. The van der Waals surface area contributed by atoms with E-state index in [1.165, 1.54) is 0 Å². The molecule has 0 radical (unpaired) electrons. The molecule has 2 aromatic rings. The van der Waals surface area contributed by atoms with Crippen molar-refractivity contribution in [3.05, 3.63) is 29.7 Å². The summed E-state index contributed by atoms with van der Waals surface area (Å²) < 4.78 is 0.141. The van der Waals surface area contributed by atoms with Crippen LogP contribution in [-0.2, 0) is 4.79 Å². The van der Waals surface area contributed by atoms with Crippen LogP contribution in [0.5, 0.6) is 0 Å². The lowest BCUT2D eigenvalue weighted by molar-refractivity contribution is -0.108. The van der Waals surface area contributed by atoms with Gasteiger partial charge < -0.3 is 9.69 Å². The Bertz CT molecular complexity index is 632. The molecule has 0 fully saturated rings. The Morgan fingerprint density at radius 1 is 1.46 bits per heavy atom. The summed E-state index contributed by atoms with van der Waals surface area (Å²) in [6, 6.07) is 3.88. The third-order valence-corrected chi connectivity index (χ3v) is 6.29. The highest BCUT2D eigenvalue weighted by Gasteiger charge is 2.14. The summed E-state index contributed by atoms with van der Waals surface area (Å²) in [5.74, 6) is 0. The third kappa shape index (κ3) is 6.42. The molecule has 24 heavy (non-hydrogen) atoms. The van der Waals surface area contributed by atoms with Gasteiger partial charge >= 0.3 is 0 Å². The number of halogens is 1. The number of hydrogen-bond donors (Lipinski definition) is 0. The molecule has 0 aromatic carbocycles. The van der Waals surface area contributed by atoms with Gasteiger partial charge in [0, 0.05) is 42.7 Å². The lowest BCUT2D eigenvalue weighted by Gasteiger charge is -2.17. The van der Waals surface area contributed by atoms with Gasteiger partial charge in [0.15, 0.2) is 5.15 Å². The quantitative estimate of drug-likeness (QED) is 0.652. The highest BCUT2D eigenvalue weighted by Crippen LogP contribution is 2.36. The van der Waals surface area contributed by atoms with Gasteiger partial charge in [0.05, 0.1) is 0 Å². The van der Waals surface area contributed by atoms with Crippen LogP contribution < -0.4 is 4.90 Å². The minimum atomic E-state index is 0.141. The maximum Gasteiger partial charge on any atom is 0.164 e. The molecule has 132 valence electrons. The molecule has 0 bridgehead atoms. The number of anilines is 1. The Balaban J connectivity index is 0.000000307. The summed E-state index contributed by atoms with van der Waals surface area (Å²) in [5.41, 5.74) is 1.00. The molecule has 0 N–H and O–H groups in total. The zero-order valence-electron chi connectivity index (χ0n) is 14.7. The number of rotatable bonds is 6. The van der Waals surface area contributed by atoms with Crippen LogP contribution in [0.15, 0.2) is 24.5 Å². The first-order valence-corrected chi connectivity index (χ1v) is 10.0. The Morgan fingerprint density at radius 2 is 2.17 bits per heavy atom. The zero-order valence-corrected chi connectivity index (χ0v) is 17.1. The summed E-state index contributed by atoms with van der Waals surface area (Å²) >= 11 is 9.41. The van der Waals surface area contributed by atoms with Crippen LogP contribution in [0.4, 0.5) is 5.00 Å². The van der Waals surface area contributed by atoms with Gasteiger partial charge in [-0.05, 0) is 25.3 Å². The van der Waals surface area contributed by atoms with Crippen molar-refractivity contribution < 1.29 is 4.79 Å². The maximum atomic E-state index is 9.97. The van der Waals surface area contributed by atoms with Crippen molar-refractivity contribution in [1.29, 1.82) is 0 Å². The molecule has 7 heteroatoms. The molecular weight excluding hydrogens is 362 g/mol. The lowest BCUT2D eigenvalue weighted by Crippen LogP contribution is -2.14. The molecule has 0 aliphatic rings. The number of carbonyl (C=O) groups is 1. The second-order valence-electron chi connectivity index (χ2n) is 5.71. The van der Waals surface area contributed by atoms with Gasteiger partial charge in [-0.1, -0.05) is 36.8 Å². The minimum Gasteiger partial charge on any atom is -0.364 e. The van der Waals surface area contributed by atoms with Crippen molar-refractivity contribution in [3.63, 3.8) is 0 Å². The third-order valence-electron chi connectivity index (χ3n) is 3.43. The van der Waals surface area contributed by atoms with E-state index in [0.717, 1.165) is 28.4 Å². The predicted molar refractivity (Wildman–Crippen MR) is 108 cm³/mol. The first-order chi connectivity index (χ1) is 11.3. The second-order valence-corrected chi connectivity index (χ2v) is 8.55. The average molecular weight is 386 g/mol. The molecule has 2 aromatic heterocycles. The standard InChI is InChI=1S/C11H12ClN3S.C6H12OS/c1-3-15(2)11-9(12)14-10(16-11)8-5-4-6-13-7-8;1-6(2,8-3)4-5-7/h4-7H,3H2,1-2H3;5H,4H2,1-3H3. The van der Waals surface area contributed by atoms with Gasteiger partial charge in [0.1, 0.15) is 16.3 Å². The number of aldehydes is 1. The molecule has 0 amide bonds. The normalized spacial score (nSPS) is 10.8. The molecule has 2 heterocycles. The molecule has 0 aliphatic carbocycles. The molecule has 0 spiro atoms. The van der Waals surface area contributed by atoms with Crippen LogP contribution >= 0.6 is 34.7 Å². The van der Waals surface area contributed by atoms with Crippen LogP contribution in [-0.4, -0.2) is 40.8 Å². The van der Waals surface area contributed by atoms with Crippen LogP contribution in [0.2, 0.25) is 5.15 Å². The Morgan fingerprint density at radius 3 is 2.62 bits per heavy atom. The van der Waals surface area contributed by atoms with Crippen LogP contribution in [0.3, 0.4) is 0 Å². The van der Waals surface area contributed by atoms with E-state index in [1.807, 2.05) is 25.4 Å². The van der Waals surface area contributed by atoms with Gasteiger partial charge in [-0.3, -0.25) is 4.98 Å². The van der Waals surface area contributed by atoms with Crippen molar-refractivity contribution in [2.24, 2.45) is 0 Å². The molecule has 4 nitrogen and oxygen atoms in total. The van der Waals surface area contributed by atoms with E-state index in [0.29, 0.717) is 11.6 Å². The molecule has 0 saturated heterocycles. The fourth-order valence-electron chi connectivity index (χ4n) is 1.57. The Kier molecular flexibility index (Phi) is 8.73. The maximum absolute atomic E-state index is 9.97. The number of thiazole rings is 1. The number of nitrogens with zero attached hydrogens (tertiary/aromatic N) is 3. The van der Waals surface area contributed by atoms with Gasteiger partial charge in [0.25, 0.3) is 0 Å². The van der Waals surface area contributed by atoms with E-state index in [4.69, 9.17) is 11.6 Å². The molecule has 0 atom stereocenters. The lowest BCUT2D eigenvalue weighted by atomic mass is 10.1. The monoisotopic (exact) mass is 385 g/mol. The van der Waals surface area contributed by atoms with Crippen molar-refractivity contribution >= 4 is 46.0 Å². The van der Waals surface area contributed by atoms with E-state index in [9.17, 15) is 4.79 Å². The van der Waals surface area contributed by atoms with E-state index in [1.54, 1.807) is 35.5 Å². The number of thioether (sulfide) groups is 1. The Labute approximate surface area is 157 Å². The summed E-state index contributed by atoms with van der Waals surface area (Å²) in [6.45, 7) is 7.12.